The van der Waals surface area contributed by atoms with Crippen molar-refractivity contribution in [3.63, 3.8) is 0 Å². The maximum absolute atomic E-state index is 10.6. The number of halogens is 1. The van der Waals surface area contributed by atoms with Crippen molar-refractivity contribution in [3.8, 4) is 0 Å². The molecule has 1 saturated heterocycles. The zero-order valence-electron chi connectivity index (χ0n) is 7.49. The number of aromatic nitrogens is 1. The molecule has 76 valence electrons. The highest BCUT2D eigenvalue weighted by atomic mass is 35.5. The molecule has 2 heterocycles. The largest absolute Gasteiger partial charge is 0.345 e. The van der Waals surface area contributed by atoms with Gasteiger partial charge >= 0.3 is 0 Å². The van der Waals surface area contributed by atoms with Gasteiger partial charge in [0.05, 0.1) is 0 Å². The molecule has 0 unspecified atom stereocenters. The second kappa shape index (κ2) is 4.25. The van der Waals surface area contributed by atoms with Crippen molar-refractivity contribution in [2.24, 2.45) is 0 Å². The van der Waals surface area contributed by atoms with Gasteiger partial charge in [-0.3, -0.25) is 4.79 Å². The van der Waals surface area contributed by atoms with E-state index in [9.17, 15) is 4.79 Å². The number of anilines is 1. The van der Waals surface area contributed by atoms with Gasteiger partial charge in [-0.1, -0.05) is 22.9 Å². The van der Waals surface area contributed by atoms with Gasteiger partial charge in [0, 0.05) is 26.2 Å². The first-order valence-corrected chi connectivity index (χ1v) is 5.58. The number of nitrogens with zero attached hydrogens (tertiary/aromatic N) is 2. The molecule has 6 heteroatoms. The molecule has 0 aromatic carbocycles. The number of rotatable bonds is 2. The number of aldehydes is 1. The molecule has 0 atom stereocenters. The Morgan fingerprint density at radius 2 is 2.21 bits per heavy atom. The van der Waals surface area contributed by atoms with E-state index in [1.54, 1.807) is 0 Å². The van der Waals surface area contributed by atoms with E-state index in [2.05, 4.69) is 15.2 Å². The van der Waals surface area contributed by atoms with Crippen LogP contribution in [-0.4, -0.2) is 37.4 Å². The molecule has 4 nitrogen and oxygen atoms in total. The van der Waals surface area contributed by atoms with Crippen LogP contribution in [0.1, 0.15) is 9.67 Å². The smallest absolute Gasteiger partial charge is 0.187 e. The quantitative estimate of drug-likeness (QED) is 0.772. The van der Waals surface area contributed by atoms with Crippen molar-refractivity contribution in [1.82, 2.24) is 10.3 Å². The molecule has 2 rings (SSSR count). The molecule has 1 aliphatic heterocycles. The van der Waals surface area contributed by atoms with Gasteiger partial charge in [0.2, 0.25) is 0 Å². The molecule has 0 radical (unpaired) electrons. The lowest BCUT2D eigenvalue weighted by Crippen LogP contribution is -2.43. The molecule has 0 aliphatic carbocycles. The first-order valence-electron chi connectivity index (χ1n) is 4.38. The van der Waals surface area contributed by atoms with Crippen LogP contribution in [0.5, 0.6) is 0 Å². The van der Waals surface area contributed by atoms with E-state index in [0.717, 1.165) is 37.6 Å². The van der Waals surface area contributed by atoms with E-state index in [1.165, 1.54) is 11.3 Å². The zero-order valence-corrected chi connectivity index (χ0v) is 9.07. The van der Waals surface area contributed by atoms with E-state index in [0.29, 0.717) is 10.0 Å². The first-order chi connectivity index (χ1) is 6.81. The molecular formula is C8H10ClN3OS. The summed E-state index contributed by atoms with van der Waals surface area (Å²) >= 11 is 7.14. The minimum Gasteiger partial charge on any atom is -0.345 e. The third kappa shape index (κ3) is 1.89. The summed E-state index contributed by atoms with van der Waals surface area (Å²) in [6.45, 7) is 3.74. The van der Waals surface area contributed by atoms with E-state index < -0.39 is 0 Å². The average Bonchev–Trinajstić information content (AvgIpc) is 2.61. The number of nitrogens with one attached hydrogen (secondary N) is 1. The maximum Gasteiger partial charge on any atom is 0.187 e. The number of hydrogen-bond acceptors (Lipinski definition) is 5. The van der Waals surface area contributed by atoms with Gasteiger partial charge in [0.25, 0.3) is 0 Å². The van der Waals surface area contributed by atoms with Gasteiger partial charge < -0.3 is 10.2 Å². The second-order valence-corrected chi connectivity index (χ2v) is 4.37. The van der Waals surface area contributed by atoms with Gasteiger partial charge in [-0.15, -0.1) is 0 Å². The van der Waals surface area contributed by atoms with Gasteiger partial charge in [-0.25, -0.2) is 4.98 Å². The highest BCUT2D eigenvalue weighted by Crippen LogP contribution is 2.28. The summed E-state index contributed by atoms with van der Waals surface area (Å²) in [4.78, 5) is 17.4. The molecule has 0 saturated carbocycles. The fourth-order valence-corrected chi connectivity index (χ4v) is 2.48. The highest BCUT2D eigenvalue weighted by molar-refractivity contribution is 7.17. The minimum absolute atomic E-state index is 0.318. The number of carbonyl (C=O) groups is 1. The Morgan fingerprint density at radius 1 is 1.50 bits per heavy atom. The summed E-state index contributed by atoms with van der Waals surface area (Å²) in [5, 5.41) is 4.42. The first kappa shape index (κ1) is 9.89. The van der Waals surface area contributed by atoms with Crippen LogP contribution >= 0.6 is 22.9 Å². The van der Waals surface area contributed by atoms with Crippen molar-refractivity contribution in [1.29, 1.82) is 0 Å². The lowest BCUT2D eigenvalue weighted by Gasteiger charge is -2.26. The van der Waals surface area contributed by atoms with Gasteiger partial charge in [0.15, 0.2) is 16.6 Å². The molecule has 1 fully saturated rings. The number of thiazole rings is 1. The third-order valence-electron chi connectivity index (χ3n) is 2.09. The van der Waals surface area contributed by atoms with Crippen LogP contribution in [-0.2, 0) is 0 Å². The Bertz CT molecular complexity index is 335. The summed E-state index contributed by atoms with van der Waals surface area (Å²) in [6, 6.07) is 0. The van der Waals surface area contributed by atoms with E-state index >= 15 is 0 Å². The molecule has 1 aromatic heterocycles. The summed E-state index contributed by atoms with van der Waals surface area (Å²) < 4.78 is 0. The van der Waals surface area contributed by atoms with Crippen LogP contribution in [0.4, 0.5) is 5.13 Å². The van der Waals surface area contributed by atoms with Gasteiger partial charge in [-0.2, -0.15) is 0 Å². The maximum atomic E-state index is 10.6. The molecule has 1 aromatic rings. The van der Waals surface area contributed by atoms with Crippen LogP contribution in [0.25, 0.3) is 0 Å². The Morgan fingerprint density at radius 3 is 2.79 bits per heavy atom. The van der Waals surface area contributed by atoms with Crippen LogP contribution in [0, 0.1) is 0 Å². The lowest BCUT2D eigenvalue weighted by molar-refractivity contribution is 0.112. The van der Waals surface area contributed by atoms with Crippen LogP contribution in [0.15, 0.2) is 0 Å². The van der Waals surface area contributed by atoms with Crippen molar-refractivity contribution in [2.45, 2.75) is 0 Å². The van der Waals surface area contributed by atoms with Crippen LogP contribution in [0.2, 0.25) is 5.15 Å². The topological polar surface area (TPSA) is 45.2 Å². The predicted octanol–water partition coefficient (Wildman–Crippen LogP) is 1.02. The van der Waals surface area contributed by atoms with Crippen LogP contribution in [0.3, 0.4) is 0 Å². The number of hydrogen-bond donors (Lipinski definition) is 1. The van der Waals surface area contributed by atoms with E-state index in [4.69, 9.17) is 11.6 Å². The van der Waals surface area contributed by atoms with Crippen molar-refractivity contribution in [3.05, 3.63) is 10.0 Å². The van der Waals surface area contributed by atoms with Crippen LogP contribution < -0.4 is 10.2 Å². The lowest BCUT2D eigenvalue weighted by atomic mass is 10.4. The van der Waals surface area contributed by atoms with Gasteiger partial charge in [0.1, 0.15) is 4.88 Å². The summed E-state index contributed by atoms with van der Waals surface area (Å²) in [6.07, 6.45) is 0.756. The normalized spacial score (nSPS) is 17.1. The number of piperazine rings is 1. The molecule has 1 N–H and O–H groups in total. The molecule has 0 amide bonds. The molecule has 14 heavy (non-hydrogen) atoms. The zero-order chi connectivity index (χ0) is 9.97. The third-order valence-corrected chi connectivity index (χ3v) is 3.53. The fourth-order valence-electron chi connectivity index (χ4n) is 1.37. The SMILES string of the molecule is O=Cc1sc(N2CCNCC2)nc1Cl. The van der Waals surface area contributed by atoms with Crippen molar-refractivity contribution >= 4 is 34.4 Å². The predicted molar refractivity (Wildman–Crippen MR) is 57.6 cm³/mol. The second-order valence-electron chi connectivity index (χ2n) is 3.01. The Hall–Kier alpha value is -0.650. The van der Waals surface area contributed by atoms with Crippen molar-refractivity contribution < 1.29 is 4.79 Å². The summed E-state index contributed by atoms with van der Waals surface area (Å²) in [5.74, 6) is 0. The minimum atomic E-state index is 0.318. The van der Waals surface area contributed by atoms with Gasteiger partial charge in [-0.05, 0) is 0 Å². The Kier molecular flexibility index (Phi) is 3.00. The fraction of sp³-hybridized carbons (Fsp3) is 0.500. The molecule has 1 aliphatic rings. The molecule has 0 spiro atoms. The highest BCUT2D eigenvalue weighted by Gasteiger charge is 2.16. The van der Waals surface area contributed by atoms with E-state index in [1.807, 2.05) is 0 Å². The standard InChI is InChI=1S/C8H10ClN3OS/c9-7-6(5-13)14-8(11-7)12-3-1-10-2-4-12/h5,10H,1-4H2. The van der Waals surface area contributed by atoms with Crippen molar-refractivity contribution in [2.75, 3.05) is 31.1 Å². The van der Waals surface area contributed by atoms with E-state index in [-0.39, 0.29) is 0 Å². The summed E-state index contributed by atoms with van der Waals surface area (Å²) in [7, 11) is 0. The Labute approximate surface area is 90.9 Å². The molecular weight excluding hydrogens is 222 g/mol. The average molecular weight is 232 g/mol. The monoisotopic (exact) mass is 231 g/mol. The summed E-state index contributed by atoms with van der Waals surface area (Å²) in [5.41, 5.74) is 0. The Balaban J connectivity index is 2.18. The molecule has 0 bridgehead atoms. The number of carbonyl (C=O) groups excluding carboxylic acids is 1.